The number of aliphatic hydroxyl groups is 1. The maximum Gasteiger partial charge on any atom is 0.216 e. The molecule has 0 aromatic rings. The summed E-state index contributed by atoms with van der Waals surface area (Å²) in [5, 5.41) is 9.88. The Balaban J connectivity index is 2.31. The summed E-state index contributed by atoms with van der Waals surface area (Å²) < 4.78 is 5.60. The second-order valence-electron chi connectivity index (χ2n) is 6.26. The van der Waals surface area contributed by atoms with Gasteiger partial charge in [-0.2, -0.15) is 0 Å². The van der Waals surface area contributed by atoms with E-state index in [0.717, 1.165) is 32.6 Å². The Morgan fingerprint density at radius 3 is 2.74 bits per heavy atom. The Kier molecular flexibility index (Phi) is 7.00. The van der Waals surface area contributed by atoms with E-state index in [4.69, 9.17) is 4.74 Å². The van der Waals surface area contributed by atoms with E-state index in [-0.39, 0.29) is 6.10 Å². The number of hydrogen-bond donors (Lipinski definition) is 1. The van der Waals surface area contributed by atoms with Crippen molar-refractivity contribution in [3.63, 3.8) is 0 Å². The maximum atomic E-state index is 9.88. The smallest absolute Gasteiger partial charge is 0.216 e. The minimum absolute atomic E-state index is 0.116. The fourth-order valence-corrected chi connectivity index (χ4v) is 2.52. The SMILES string of the molecule is CC(C)=CCCN1C[C@@H](CN(C)CC(C)C)OC1O. The molecule has 2 atom stereocenters. The van der Waals surface area contributed by atoms with Gasteiger partial charge in [0.05, 0.1) is 6.10 Å². The molecule has 0 spiro atoms. The third kappa shape index (κ3) is 6.52. The molecular weight excluding hydrogens is 240 g/mol. The summed E-state index contributed by atoms with van der Waals surface area (Å²) in [7, 11) is 2.11. The van der Waals surface area contributed by atoms with E-state index >= 15 is 0 Å². The van der Waals surface area contributed by atoms with E-state index in [9.17, 15) is 5.11 Å². The maximum absolute atomic E-state index is 9.88. The van der Waals surface area contributed by atoms with Gasteiger partial charge in [0.2, 0.25) is 6.41 Å². The molecule has 0 amide bonds. The molecule has 0 bridgehead atoms. The summed E-state index contributed by atoms with van der Waals surface area (Å²) in [5.74, 6) is 0.657. The van der Waals surface area contributed by atoms with E-state index < -0.39 is 6.41 Å². The van der Waals surface area contributed by atoms with Crippen LogP contribution in [0.25, 0.3) is 0 Å². The minimum Gasteiger partial charge on any atom is -0.356 e. The van der Waals surface area contributed by atoms with Gasteiger partial charge in [0.1, 0.15) is 0 Å². The highest BCUT2D eigenvalue weighted by atomic mass is 16.6. The van der Waals surface area contributed by atoms with Crippen LogP contribution in [-0.4, -0.2) is 60.7 Å². The number of likely N-dealkylation sites (N-methyl/N-ethyl adjacent to an activating group) is 1. The van der Waals surface area contributed by atoms with E-state index in [2.05, 4.69) is 45.7 Å². The molecule has 1 aliphatic rings. The quantitative estimate of drug-likeness (QED) is 0.717. The van der Waals surface area contributed by atoms with Crippen LogP contribution in [0.15, 0.2) is 11.6 Å². The number of allylic oxidation sites excluding steroid dienone is 1. The molecule has 1 N–H and O–H groups in total. The molecule has 112 valence electrons. The van der Waals surface area contributed by atoms with Gasteiger partial charge in [0.15, 0.2) is 0 Å². The van der Waals surface area contributed by atoms with Gasteiger partial charge in [-0.15, -0.1) is 0 Å². The summed E-state index contributed by atoms with van der Waals surface area (Å²) in [4.78, 5) is 4.29. The van der Waals surface area contributed by atoms with Gasteiger partial charge >= 0.3 is 0 Å². The molecule has 1 aliphatic heterocycles. The molecule has 4 heteroatoms. The van der Waals surface area contributed by atoms with Crippen molar-refractivity contribution >= 4 is 0 Å². The van der Waals surface area contributed by atoms with E-state index in [1.165, 1.54) is 5.57 Å². The molecular formula is C15H30N2O2. The molecule has 1 unspecified atom stereocenters. The van der Waals surface area contributed by atoms with Crippen molar-refractivity contribution in [3.8, 4) is 0 Å². The minimum atomic E-state index is -0.733. The molecule has 0 aliphatic carbocycles. The lowest BCUT2D eigenvalue weighted by molar-refractivity contribution is -0.150. The number of aliphatic hydroxyl groups excluding tert-OH is 1. The van der Waals surface area contributed by atoms with E-state index in [0.29, 0.717) is 5.92 Å². The van der Waals surface area contributed by atoms with Crippen LogP contribution in [0.1, 0.15) is 34.1 Å². The third-order valence-corrected chi connectivity index (χ3v) is 3.23. The van der Waals surface area contributed by atoms with Crippen LogP contribution in [-0.2, 0) is 4.74 Å². The zero-order valence-corrected chi connectivity index (χ0v) is 13.1. The number of hydrogen-bond acceptors (Lipinski definition) is 4. The molecule has 0 radical (unpaired) electrons. The third-order valence-electron chi connectivity index (χ3n) is 3.23. The van der Waals surface area contributed by atoms with Crippen LogP contribution in [0.4, 0.5) is 0 Å². The van der Waals surface area contributed by atoms with Gasteiger partial charge in [-0.3, -0.25) is 4.90 Å². The van der Waals surface area contributed by atoms with Gasteiger partial charge in [-0.05, 0) is 33.2 Å². The summed E-state index contributed by atoms with van der Waals surface area (Å²) in [6.45, 7) is 12.2. The summed E-state index contributed by atoms with van der Waals surface area (Å²) >= 11 is 0. The van der Waals surface area contributed by atoms with Crippen LogP contribution in [0.2, 0.25) is 0 Å². The first-order chi connectivity index (χ1) is 8.88. The Labute approximate surface area is 118 Å². The Morgan fingerprint density at radius 1 is 1.47 bits per heavy atom. The average Bonchev–Trinajstić information content (AvgIpc) is 2.57. The fraction of sp³-hybridized carbons (Fsp3) is 0.867. The molecule has 1 rings (SSSR count). The zero-order chi connectivity index (χ0) is 14.4. The standard InChI is InChI=1S/C15H30N2O2/c1-12(2)7-6-8-17-11-14(19-15(17)18)10-16(5)9-13(3)4/h7,13-15,18H,6,8-11H2,1-5H3/t14-,15?/m1/s1. The zero-order valence-electron chi connectivity index (χ0n) is 13.1. The highest BCUT2D eigenvalue weighted by Crippen LogP contribution is 2.16. The molecule has 0 aromatic heterocycles. The Hall–Kier alpha value is -0.420. The van der Waals surface area contributed by atoms with Gasteiger partial charge in [-0.1, -0.05) is 25.5 Å². The Morgan fingerprint density at radius 2 is 2.16 bits per heavy atom. The molecule has 19 heavy (non-hydrogen) atoms. The molecule has 4 nitrogen and oxygen atoms in total. The second-order valence-corrected chi connectivity index (χ2v) is 6.26. The Bertz CT molecular complexity index is 288. The second kappa shape index (κ2) is 8.00. The monoisotopic (exact) mass is 270 g/mol. The van der Waals surface area contributed by atoms with Crippen molar-refractivity contribution in [1.29, 1.82) is 0 Å². The van der Waals surface area contributed by atoms with Crippen molar-refractivity contribution < 1.29 is 9.84 Å². The van der Waals surface area contributed by atoms with Gasteiger partial charge in [0, 0.05) is 26.2 Å². The average molecular weight is 270 g/mol. The van der Waals surface area contributed by atoms with Gasteiger partial charge < -0.3 is 14.7 Å². The van der Waals surface area contributed by atoms with E-state index in [1.807, 2.05) is 4.90 Å². The van der Waals surface area contributed by atoms with Crippen LogP contribution in [0, 0.1) is 5.92 Å². The predicted octanol–water partition coefficient (Wildman–Crippen LogP) is 1.91. The summed E-state index contributed by atoms with van der Waals surface area (Å²) in [6, 6.07) is 0. The van der Waals surface area contributed by atoms with Crippen molar-refractivity contribution in [2.24, 2.45) is 5.92 Å². The van der Waals surface area contributed by atoms with Crippen molar-refractivity contribution in [1.82, 2.24) is 9.80 Å². The normalized spacial score (nSPS) is 24.4. The largest absolute Gasteiger partial charge is 0.356 e. The molecule has 1 fully saturated rings. The molecule has 0 saturated carbocycles. The lowest BCUT2D eigenvalue weighted by atomic mass is 10.2. The number of ether oxygens (including phenoxy) is 1. The molecule has 1 heterocycles. The first-order valence-corrected chi connectivity index (χ1v) is 7.28. The lowest BCUT2D eigenvalue weighted by Crippen LogP contribution is -2.34. The van der Waals surface area contributed by atoms with Crippen molar-refractivity contribution in [2.75, 3.05) is 33.2 Å². The fourth-order valence-electron chi connectivity index (χ4n) is 2.52. The topological polar surface area (TPSA) is 35.9 Å². The van der Waals surface area contributed by atoms with Crippen LogP contribution in [0.3, 0.4) is 0 Å². The molecule has 1 saturated heterocycles. The van der Waals surface area contributed by atoms with Crippen molar-refractivity contribution in [3.05, 3.63) is 11.6 Å². The highest BCUT2D eigenvalue weighted by molar-refractivity contribution is 4.93. The lowest BCUT2D eigenvalue weighted by Gasteiger charge is -2.21. The summed E-state index contributed by atoms with van der Waals surface area (Å²) in [5.41, 5.74) is 1.32. The van der Waals surface area contributed by atoms with E-state index in [1.54, 1.807) is 0 Å². The predicted molar refractivity (Wildman–Crippen MR) is 78.8 cm³/mol. The number of rotatable bonds is 7. The van der Waals surface area contributed by atoms with Crippen LogP contribution in [0.5, 0.6) is 0 Å². The summed E-state index contributed by atoms with van der Waals surface area (Å²) in [6.07, 6.45) is 2.55. The first-order valence-electron chi connectivity index (χ1n) is 7.28. The van der Waals surface area contributed by atoms with Crippen LogP contribution < -0.4 is 0 Å². The first kappa shape index (κ1) is 16.6. The highest BCUT2D eigenvalue weighted by Gasteiger charge is 2.31. The molecule has 0 aromatic carbocycles. The van der Waals surface area contributed by atoms with Gasteiger partial charge in [0.25, 0.3) is 0 Å². The van der Waals surface area contributed by atoms with Crippen molar-refractivity contribution in [2.45, 2.75) is 46.6 Å². The van der Waals surface area contributed by atoms with Gasteiger partial charge in [-0.25, -0.2) is 0 Å². The van der Waals surface area contributed by atoms with Crippen LogP contribution >= 0.6 is 0 Å². The number of nitrogens with zero attached hydrogens (tertiary/aromatic N) is 2.